The van der Waals surface area contributed by atoms with Gasteiger partial charge in [0.2, 0.25) is 0 Å². The Kier molecular flexibility index (Phi) is 2.18. The first kappa shape index (κ1) is 8.85. The van der Waals surface area contributed by atoms with Crippen LogP contribution in [0.4, 0.5) is 4.79 Å². The molecule has 3 heteroatoms. The topological polar surface area (TPSA) is 29.5 Å². The summed E-state index contributed by atoms with van der Waals surface area (Å²) in [6, 6.07) is 0. The number of rotatable bonds is 1. The maximum atomic E-state index is 11.5. The summed E-state index contributed by atoms with van der Waals surface area (Å²) in [6.45, 7) is 3.82. The molecule has 0 N–H and O–H groups in total. The Morgan fingerprint density at radius 1 is 1.23 bits per heavy atom. The molecular formula is C10H17NO2. The molecule has 0 bridgehead atoms. The molecular weight excluding hydrogens is 166 g/mol. The van der Waals surface area contributed by atoms with Crippen LogP contribution in [-0.2, 0) is 4.74 Å². The summed E-state index contributed by atoms with van der Waals surface area (Å²) in [7, 11) is 0. The first-order chi connectivity index (χ1) is 6.20. The molecule has 1 heterocycles. The number of nitrogens with zero attached hydrogens (tertiary/aromatic N) is 1. The molecule has 13 heavy (non-hydrogen) atoms. The van der Waals surface area contributed by atoms with Gasteiger partial charge >= 0.3 is 6.09 Å². The molecule has 3 nitrogen and oxygen atoms in total. The van der Waals surface area contributed by atoms with Gasteiger partial charge in [-0.25, -0.2) is 4.79 Å². The van der Waals surface area contributed by atoms with Crippen LogP contribution >= 0.6 is 0 Å². The first-order valence-electron chi connectivity index (χ1n) is 5.18. The molecule has 2 fully saturated rings. The Bertz CT molecular complexity index is 205. The van der Waals surface area contributed by atoms with Crippen LogP contribution in [0, 0.1) is 0 Å². The third-order valence-electron chi connectivity index (χ3n) is 3.11. The zero-order valence-corrected chi connectivity index (χ0v) is 8.21. The van der Waals surface area contributed by atoms with E-state index in [1.54, 1.807) is 4.90 Å². The third kappa shape index (κ3) is 1.79. The molecule has 0 unspecified atom stereocenters. The fourth-order valence-corrected chi connectivity index (χ4v) is 2.00. The van der Waals surface area contributed by atoms with Crippen LogP contribution in [0.15, 0.2) is 0 Å². The second kappa shape index (κ2) is 3.20. The van der Waals surface area contributed by atoms with Gasteiger partial charge in [0.05, 0.1) is 0 Å². The van der Waals surface area contributed by atoms with Crippen LogP contribution in [0.25, 0.3) is 0 Å². The lowest BCUT2D eigenvalue weighted by atomic mass is 10.1. The van der Waals surface area contributed by atoms with Gasteiger partial charge in [0.1, 0.15) is 5.60 Å². The zero-order chi connectivity index (χ0) is 9.31. The molecule has 2 rings (SSSR count). The standard InChI is InChI=1S/C10H17NO2/c1-10(5-2-3-6-10)13-9(12)11-7-4-8-11/h2-8H2,1H3. The first-order valence-corrected chi connectivity index (χ1v) is 5.18. The number of hydrogen-bond donors (Lipinski definition) is 0. The summed E-state index contributed by atoms with van der Waals surface area (Å²) in [4.78, 5) is 13.3. The van der Waals surface area contributed by atoms with Gasteiger partial charge in [-0.2, -0.15) is 0 Å². The Labute approximate surface area is 79.0 Å². The van der Waals surface area contributed by atoms with E-state index in [2.05, 4.69) is 6.92 Å². The van der Waals surface area contributed by atoms with Gasteiger partial charge < -0.3 is 9.64 Å². The Morgan fingerprint density at radius 3 is 2.31 bits per heavy atom. The predicted molar refractivity (Wildman–Crippen MR) is 49.5 cm³/mol. The number of hydrogen-bond acceptors (Lipinski definition) is 2. The van der Waals surface area contributed by atoms with Crippen molar-refractivity contribution in [1.29, 1.82) is 0 Å². The second-order valence-corrected chi connectivity index (χ2v) is 4.37. The van der Waals surface area contributed by atoms with Gasteiger partial charge in [-0.1, -0.05) is 0 Å². The smallest absolute Gasteiger partial charge is 0.410 e. The van der Waals surface area contributed by atoms with Crippen LogP contribution in [0.3, 0.4) is 0 Å². The minimum absolute atomic E-state index is 0.101. The molecule has 0 aromatic heterocycles. The van der Waals surface area contributed by atoms with Crippen LogP contribution in [0.5, 0.6) is 0 Å². The SMILES string of the molecule is CC1(OC(=O)N2CCC2)CCCC1. The van der Waals surface area contributed by atoms with Gasteiger partial charge in [-0.15, -0.1) is 0 Å². The van der Waals surface area contributed by atoms with E-state index in [-0.39, 0.29) is 11.7 Å². The molecule has 0 spiro atoms. The summed E-state index contributed by atoms with van der Waals surface area (Å²) < 4.78 is 5.49. The van der Waals surface area contributed by atoms with Gasteiger partial charge in [-0.3, -0.25) is 0 Å². The molecule has 0 aromatic rings. The number of amides is 1. The third-order valence-corrected chi connectivity index (χ3v) is 3.11. The van der Waals surface area contributed by atoms with E-state index in [1.165, 1.54) is 12.8 Å². The van der Waals surface area contributed by atoms with Crippen molar-refractivity contribution in [1.82, 2.24) is 4.90 Å². The van der Waals surface area contributed by atoms with Gasteiger partial charge in [-0.05, 0) is 39.0 Å². The van der Waals surface area contributed by atoms with E-state index in [9.17, 15) is 4.79 Å². The van der Waals surface area contributed by atoms with Gasteiger partial charge in [0, 0.05) is 13.1 Å². The minimum atomic E-state index is -0.160. The predicted octanol–water partition coefficient (Wildman–Crippen LogP) is 2.16. The fourth-order valence-electron chi connectivity index (χ4n) is 2.00. The lowest BCUT2D eigenvalue weighted by molar-refractivity contribution is -0.00371. The number of carbonyl (C=O) groups excluding carboxylic acids is 1. The highest BCUT2D eigenvalue weighted by molar-refractivity contribution is 5.69. The quantitative estimate of drug-likeness (QED) is 0.623. The summed E-state index contributed by atoms with van der Waals surface area (Å²) in [5, 5.41) is 0. The number of carbonyl (C=O) groups is 1. The molecule has 0 radical (unpaired) electrons. The monoisotopic (exact) mass is 183 g/mol. The number of ether oxygens (including phenoxy) is 1. The summed E-state index contributed by atoms with van der Waals surface area (Å²) >= 11 is 0. The van der Waals surface area contributed by atoms with Crippen LogP contribution in [0.1, 0.15) is 39.0 Å². The Morgan fingerprint density at radius 2 is 1.85 bits per heavy atom. The molecule has 1 aliphatic carbocycles. The average molecular weight is 183 g/mol. The fraction of sp³-hybridized carbons (Fsp3) is 0.900. The summed E-state index contributed by atoms with van der Waals surface area (Å²) in [5.41, 5.74) is -0.160. The number of likely N-dealkylation sites (tertiary alicyclic amines) is 1. The highest BCUT2D eigenvalue weighted by Gasteiger charge is 2.35. The van der Waals surface area contributed by atoms with Gasteiger partial charge in [0.15, 0.2) is 0 Å². The maximum Gasteiger partial charge on any atom is 0.410 e. The van der Waals surface area contributed by atoms with Crippen molar-refractivity contribution < 1.29 is 9.53 Å². The Hall–Kier alpha value is -0.730. The summed E-state index contributed by atoms with van der Waals surface area (Å²) in [6.07, 6.45) is 5.49. The van der Waals surface area contributed by atoms with E-state index in [4.69, 9.17) is 4.74 Å². The van der Waals surface area contributed by atoms with E-state index in [0.717, 1.165) is 32.4 Å². The maximum absolute atomic E-state index is 11.5. The molecule has 1 amide bonds. The molecule has 0 aromatic carbocycles. The van der Waals surface area contributed by atoms with Crippen molar-refractivity contribution in [3.63, 3.8) is 0 Å². The van der Waals surface area contributed by atoms with E-state index in [0.29, 0.717) is 0 Å². The highest BCUT2D eigenvalue weighted by Crippen LogP contribution is 2.33. The van der Waals surface area contributed by atoms with Crippen molar-refractivity contribution in [2.75, 3.05) is 13.1 Å². The minimum Gasteiger partial charge on any atom is -0.443 e. The summed E-state index contributed by atoms with van der Waals surface area (Å²) in [5.74, 6) is 0. The van der Waals surface area contributed by atoms with Crippen molar-refractivity contribution in [3.8, 4) is 0 Å². The van der Waals surface area contributed by atoms with Gasteiger partial charge in [0.25, 0.3) is 0 Å². The molecule has 74 valence electrons. The lowest BCUT2D eigenvalue weighted by Gasteiger charge is -2.34. The van der Waals surface area contributed by atoms with Crippen molar-refractivity contribution in [2.45, 2.75) is 44.6 Å². The largest absolute Gasteiger partial charge is 0.443 e. The normalized spacial score (nSPS) is 25.5. The molecule has 1 aliphatic heterocycles. The van der Waals surface area contributed by atoms with E-state index < -0.39 is 0 Å². The van der Waals surface area contributed by atoms with Crippen molar-refractivity contribution in [3.05, 3.63) is 0 Å². The van der Waals surface area contributed by atoms with Crippen molar-refractivity contribution >= 4 is 6.09 Å². The van der Waals surface area contributed by atoms with Crippen LogP contribution in [0.2, 0.25) is 0 Å². The van der Waals surface area contributed by atoms with E-state index in [1.807, 2.05) is 0 Å². The average Bonchev–Trinajstić information content (AvgIpc) is 2.31. The van der Waals surface area contributed by atoms with Crippen LogP contribution < -0.4 is 0 Å². The Balaban J connectivity index is 1.85. The zero-order valence-electron chi connectivity index (χ0n) is 8.21. The van der Waals surface area contributed by atoms with Crippen molar-refractivity contribution in [2.24, 2.45) is 0 Å². The van der Waals surface area contributed by atoms with E-state index >= 15 is 0 Å². The molecule has 0 atom stereocenters. The molecule has 1 saturated carbocycles. The lowest BCUT2D eigenvalue weighted by Crippen LogP contribution is -2.45. The second-order valence-electron chi connectivity index (χ2n) is 4.37. The molecule has 2 aliphatic rings. The molecule has 1 saturated heterocycles. The van der Waals surface area contributed by atoms with Crippen LogP contribution in [-0.4, -0.2) is 29.7 Å². The highest BCUT2D eigenvalue weighted by atomic mass is 16.6.